The van der Waals surface area contributed by atoms with E-state index in [4.69, 9.17) is 5.73 Å². The van der Waals surface area contributed by atoms with E-state index in [-0.39, 0.29) is 6.04 Å². The molecule has 0 saturated carbocycles. The number of thiophene rings is 1. The van der Waals surface area contributed by atoms with E-state index in [0.717, 1.165) is 16.4 Å². The van der Waals surface area contributed by atoms with Gasteiger partial charge in [-0.1, -0.05) is 6.92 Å². The third kappa shape index (κ3) is 4.59. The molecule has 1 unspecified atom stereocenters. The zero-order chi connectivity index (χ0) is 12.9. The van der Waals surface area contributed by atoms with E-state index >= 15 is 0 Å². The molecule has 0 aromatic carbocycles. The van der Waals surface area contributed by atoms with Gasteiger partial charge in [-0.05, 0) is 18.7 Å². The van der Waals surface area contributed by atoms with Crippen LogP contribution in [0.25, 0.3) is 0 Å². The van der Waals surface area contributed by atoms with Gasteiger partial charge in [-0.25, -0.2) is 13.1 Å². The molecule has 0 amide bonds. The fraction of sp³-hybridized carbons (Fsp3) is 0.600. The Morgan fingerprint density at radius 3 is 2.82 bits per heavy atom. The van der Waals surface area contributed by atoms with Crippen LogP contribution in [0.3, 0.4) is 0 Å². The van der Waals surface area contributed by atoms with Crippen molar-refractivity contribution in [3.8, 4) is 0 Å². The summed E-state index contributed by atoms with van der Waals surface area (Å²) < 4.78 is 26.6. The number of thioether (sulfide) groups is 1. The predicted molar refractivity (Wildman–Crippen MR) is 75.0 cm³/mol. The minimum absolute atomic E-state index is 0.0637. The van der Waals surface area contributed by atoms with Crippen LogP contribution < -0.4 is 10.5 Å². The minimum Gasteiger partial charge on any atom is -0.326 e. The van der Waals surface area contributed by atoms with Gasteiger partial charge in [0.1, 0.15) is 0 Å². The fourth-order valence-corrected chi connectivity index (χ4v) is 4.45. The van der Waals surface area contributed by atoms with E-state index in [1.54, 1.807) is 23.2 Å². The highest BCUT2D eigenvalue weighted by atomic mass is 32.2. The highest BCUT2D eigenvalue weighted by Gasteiger charge is 2.18. The standard InChI is InChI=1S/C10H18N2O2S3/c1-3-15-6-8(2)12-17(13,14)10-4-9(5-11)16-7-10/h4,7-8,12H,3,5-6,11H2,1-2H3. The highest BCUT2D eigenvalue weighted by molar-refractivity contribution is 7.99. The first-order valence-corrected chi connectivity index (χ1v) is 8.89. The average molecular weight is 294 g/mol. The normalized spacial score (nSPS) is 13.8. The molecule has 1 rings (SSSR count). The molecular formula is C10H18N2O2S3. The van der Waals surface area contributed by atoms with Crippen molar-refractivity contribution in [2.24, 2.45) is 5.73 Å². The Labute approximate surface area is 111 Å². The first-order chi connectivity index (χ1) is 7.99. The van der Waals surface area contributed by atoms with Crippen LogP contribution in [0.1, 0.15) is 18.7 Å². The second kappa shape index (κ2) is 6.75. The Morgan fingerprint density at radius 1 is 1.59 bits per heavy atom. The van der Waals surface area contributed by atoms with Crippen LogP contribution in [0.5, 0.6) is 0 Å². The highest BCUT2D eigenvalue weighted by Crippen LogP contribution is 2.19. The molecule has 0 spiro atoms. The summed E-state index contributed by atoms with van der Waals surface area (Å²) in [6, 6.07) is 1.57. The van der Waals surface area contributed by atoms with Gasteiger partial charge in [-0.3, -0.25) is 0 Å². The molecule has 98 valence electrons. The smallest absolute Gasteiger partial charge is 0.241 e. The Balaban J connectivity index is 2.68. The second-order valence-corrected chi connectivity index (χ2v) is 7.66. The Morgan fingerprint density at radius 2 is 2.29 bits per heavy atom. The molecular weight excluding hydrogens is 276 g/mol. The van der Waals surface area contributed by atoms with E-state index in [1.807, 2.05) is 6.92 Å². The topological polar surface area (TPSA) is 72.2 Å². The van der Waals surface area contributed by atoms with Gasteiger partial charge >= 0.3 is 0 Å². The van der Waals surface area contributed by atoms with Crippen LogP contribution in [0.4, 0.5) is 0 Å². The Bertz CT molecular complexity index is 442. The van der Waals surface area contributed by atoms with Crippen molar-refractivity contribution in [3.05, 3.63) is 16.3 Å². The zero-order valence-corrected chi connectivity index (χ0v) is 12.4. The molecule has 7 heteroatoms. The quantitative estimate of drug-likeness (QED) is 0.801. The summed E-state index contributed by atoms with van der Waals surface area (Å²) in [5.41, 5.74) is 5.47. The van der Waals surface area contributed by atoms with E-state index < -0.39 is 10.0 Å². The number of nitrogens with one attached hydrogen (secondary N) is 1. The van der Waals surface area contributed by atoms with Gasteiger partial charge in [-0.15, -0.1) is 11.3 Å². The molecule has 0 bridgehead atoms. The van der Waals surface area contributed by atoms with Crippen molar-refractivity contribution in [2.75, 3.05) is 11.5 Å². The first-order valence-electron chi connectivity index (χ1n) is 5.37. The average Bonchev–Trinajstić information content (AvgIpc) is 2.75. The Kier molecular flexibility index (Phi) is 5.94. The van der Waals surface area contributed by atoms with Crippen LogP contribution >= 0.6 is 23.1 Å². The summed E-state index contributed by atoms with van der Waals surface area (Å²) in [7, 11) is -3.39. The van der Waals surface area contributed by atoms with Crippen molar-refractivity contribution in [1.29, 1.82) is 0 Å². The van der Waals surface area contributed by atoms with E-state index in [9.17, 15) is 8.42 Å². The molecule has 0 fully saturated rings. The van der Waals surface area contributed by atoms with Gasteiger partial charge in [0.05, 0.1) is 4.90 Å². The molecule has 0 aliphatic heterocycles. The lowest BCUT2D eigenvalue weighted by atomic mass is 10.4. The molecule has 17 heavy (non-hydrogen) atoms. The largest absolute Gasteiger partial charge is 0.326 e. The number of sulfonamides is 1. The summed E-state index contributed by atoms with van der Waals surface area (Å²) in [6.07, 6.45) is 0. The lowest BCUT2D eigenvalue weighted by molar-refractivity contribution is 0.571. The van der Waals surface area contributed by atoms with E-state index in [0.29, 0.717) is 11.4 Å². The van der Waals surface area contributed by atoms with Crippen molar-refractivity contribution in [3.63, 3.8) is 0 Å². The Hall–Kier alpha value is -0.0800. The fourth-order valence-electron chi connectivity index (χ4n) is 1.27. The molecule has 1 heterocycles. The van der Waals surface area contributed by atoms with Crippen LogP contribution in [0, 0.1) is 0 Å². The van der Waals surface area contributed by atoms with Gasteiger partial charge in [0.25, 0.3) is 0 Å². The summed E-state index contributed by atoms with van der Waals surface area (Å²) in [6.45, 7) is 4.30. The summed E-state index contributed by atoms with van der Waals surface area (Å²) in [5.74, 6) is 1.77. The maximum absolute atomic E-state index is 12.0. The summed E-state index contributed by atoms with van der Waals surface area (Å²) in [4.78, 5) is 1.19. The molecule has 0 aliphatic rings. The third-order valence-electron chi connectivity index (χ3n) is 2.07. The van der Waals surface area contributed by atoms with Gasteiger partial charge in [0.2, 0.25) is 10.0 Å². The lowest BCUT2D eigenvalue weighted by Crippen LogP contribution is -2.34. The minimum atomic E-state index is -3.39. The molecule has 1 aromatic rings. The maximum atomic E-state index is 12.0. The molecule has 0 saturated heterocycles. The molecule has 0 radical (unpaired) electrons. The number of nitrogens with two attached hydrogens (primary N) is 1. The van der Waals surface area contributed by atoms with Crippen LogP contribution in [0.15, 0.2) is 16.3 Å². The molecule has 3 N–H and O–H groups in total. The van der Waals surface area contributed by atoms with Crippen molar-refractivity contribution in [2.45, 2.75) is 31.3 Å². The molecule has 1 aromatic heterocycles. The number of rotatable bonds is 7. The summed E-state index contributed by atoms with van der Waals surface area (Å²) in [5, 5.41) is 1.63. The molecule has 1 atom stereocenters. The first kappa shape index (κ1) is 15.0. The zero-order valence-electron chi connectivity index (χ0n) is 9.97. The second-order valence-electron chi connectivity index (χ2n) is 3.63. The van der Waals surface area contributed by atoms with Crippen LogP contribution in [-0.4, -0.2) is 26.0 Å². The van der Waals surface area contributed by atoms with Crippen molar-refractivity contribution in [1.82, 2.24) is 4.72 Å². The van der Waals surface area contributed by atoms with Gasteiger partial charge in [0, 0.05) is 28.6 Å². The molecule has 4 nitrogen and oxygen atoms in total. The van der Waals surface area contributed by atoms with Gasteiger partial charge in [-0.2, -0.15) is 11.8 Å². The monoisotopic (exact) mass is 294 g/mol. The lowest BCUT2D eigenvalue weighted by Gasteiger charge is -2.12. The van der Waals surface area contributed by atoms with E-state index in [2.05, 4.69) is 11.6 Å². The SMILES string of the molecule is CCSCC(C)NS(=O)(=O)c1csc(CN)c1. The summed E-state index contributed by atoms with van der Waals surface area (Å²) >= 11 is 3.09. The van der Waals surface area contributed by atoms with Crippen LogP contribution in [-0.2, 0) is 16.6 Å². The van der Waals surface area contributed by atoms with Crippen molar-refractivity contribution < 1.29 is 8.42 Å². The maximum Gasteiger partial charge on any atom is 0.241 e. The number of hydrogen-bond donors (Lipinski definition) is 2. The number of hydrogen-bond acceptors (Lipinski definition) is 5. The molecule has 0 aliphatic carbocycles. The van der Waals surface area contributed by atoms with Crippen LogP contribution in [0.2, 0.25) is 0 Å². The predicted octanol–water partition coefficient (Wildman–Crippen LogP) is 1.63. The van der Waals surface area contributed by atoms with Gasteiger partial charge in [0.15, 0.2) is 0 Å². The van der Waals surface area contributed by atoms with E-state index in [1.165, 1.54) is 11.3 Å². The van der Waals surface area contributed by atoms with Gasteiger partial charge < -0.3 is 5.73 Å². The third-order valence-corrected chi connectivity index (χ3v) is 5.89. The van der Waals surface area contributed by atoms with Crippen molar-refractivity contribution >= 4 is 33.1 Å².